The molecular formula is C13H25N3S. The predicted octanol–water partition coefficient (Wildman–Crippen LogP) is 3.27. The number of thiazole rings is 1. The summed E-state index contributed by atoms with van der Waals surface area (Å²) in [4.78, 5) is 7.10. The number of aromatic nitrogens is 1. The van der Waals surface area contributed by atoms with Crippen LogP contribution in [0.15, 0.2) is 5.38 Å². The van der Waals surface area contributed by atoms with Gasteiger partial charge in [0, 0.05) is 24.5 Å². The molecule has 0 saturated carbocycles. The van der Waals surface area contributed by atoms with E-state index < -0.39 is 0 Å². The maximum atomic E-state index is 4.68. The van der Waals surface area contributed by atoms with Gasteiger partial charge in [-0.25, -0.2) is 4.98 Å². The van der Waals surface area contributed by atoms with E-state index >= 15 is 0 Å². The van der Waals surface area contributed by atoms with Crippen LogP contribution in [-0.2, 0) is 6.54 Å². The van der Waals surface area contributed by atoms with E-state index in [1.165, 1.54) is 24.4 Å². The fraction of sp³-hybridized carbons (Fsp3) is 0.769. The first-order valence-electron chi connectivity index (χ1n) is 6.54. The van der Waals surface area contributed by atoms with Crippen LogP contribution in [-0.4, -0.2) is 24.6 Å². The lowest BCUT2D eigenvalue weighted by Crippen LogP contribution is -2.31. The number of nitrogens with one attached hydrogen (secondary N) is 1. The van der Waals surface area contributed by atoms with Gasteiger partial charge in [-0.3, -0.25) is 0 Å². The van der Waals surface area contributed by atoms with Gasteiger partial charge in [-0.1, -0.05) is 19.8 Å². The minimum absolute atomic E-state index is 0.528. The molecule has 0 aliphatic carbocycles. The van der Waals surface area contributed by atoms with Crippen LogP contribution in [0.25, 0.3) is 0 Å². The van der Waals surface area contributed by atoms with Crippen molar-refractivity contribution in [1.82, 2.24) is 10.3 Å². The SMILES string of the molecule is CCCCCN(c1nc(CNC)cs1)C(C)C. The van der Waals surface area contributed by atoms with E-state index in [4.69, 9.17) is 0 Å². The third kappa shape index (κ3) is 4.64. The monoisotopic (exact) mass is 255 g/mol. The molecule has 0 aromatic carbocycles. The molecule has 0 radical (unpaired) electrons. The van der Waals surface area contributed by atoms with Crippen LogP contribution in [0.3, 0.4) is 0 Å². The highest BCUT2D eigenvalue weighted by Gasteiger charge is 2.13. The van der Waals surface area contributed by atoms with Crippen LogP contribution in [0.5, 0.6) is 0 Å². The highest BCUT2D eigenvalue weighted by Crippen LogP contribution is 2.23. The topological polar surface area (TPSA) is 28.2 Å². The minimum atomic E-state index is 0.528. The molecule has 1 aromatic rings. The summed E-state index contributed by atoms with van der Waals surface area (Å²) in [7, 11) is 1.96. The van der Waals surface area contributed by atoms with Gasteiger partial charge in [0.2, 0.25) is 0 Å². The molecule has 0 spiro atoms. The van der Waals surface area contributed by atoms with Crippen molar-refractivity contribution >= 4 is 16.5 Å². The minimum Gasteiger partial charge on any atom is -0.346 e. The molecule has 4 heteroatoms. The summed E-state index contributed by atoms with van der Waals surface area (Å²) in [6.07, 6.45) is 3.84. The number of anilines is 1. The molecule has 0 aliphatic heterocycles. The Labute approximate surface area is 109 Å². The molecule has 0 bridgehead atoms. The van der Waals surface area contributed by atoms with Crippen molar-refractivity contribution in [2.75, 3.05) is 18.5 Å². The van der Waals surface area contributed by atoms with Crippen LogP contribution in [0.1, 0.15) is 45.7 Å². The Balaban J connectivity index is 2.61. The van der Waals surface area contributed by atoms with Gasteiger partial charge in [0.05, 0.1) is 5.69 Å². The summed E-state index contributed by atoms with van der Waals surface area (Å²) in [5, 5.41) is 6.47. The zero-order chi connectivity index (χ0) is 12.7. The Hall–Kier alpha value is -0.610. The quantitative estimate of drug-likeness (QED) is 0.723. The molecule has 0 atom stereocenters. The first kappa shape index (κ1) is 14.5. The molecule has 1 heterocycles. The van der Waals surface area contributed by atoms with Gasteiger partial charge >= 0.3 is 0 Å². The first-order chi connectivity index (χ1) is 8.19. The van der Waals surface area contributed by atoms with E-state index in [0.29, 0.717) is 6.04 Å². The van der Waals surface area contributed by atoms with Crippen LogP contribution in [0.4, 0.5) is 5.13 Å². The summed E-state index contributed by atoms with van der Waals surface area (Å²) in [6.45, 7) is 8.71. The lowest BCUT2D eigenvalue weighted by Gasteiger charge is -2.26. The van der Waals surface area contributed by atoms with E-state index in [2.05, 4.69) is 41.4 Å². The van der Waals surface area contributed by atoms with Crippen LogP contribution in [0, 0.1) is 0 Å². The van der Waals surface area contributed by atoms with E-state index in [0.717, 1.165) is 18.8 Å². The number of unbranched alkanes of at least 4 members (excludes halogenated alkanes) is 2. The van der Waals surface area contributed by atoms with Gasteiger partial charge in [0.25, 0.3) is 0 Å². The molecule has 0 aliphatic rings. The number of nitrogens with zero attached hydrogens (tertiary/aromatic N) is 2. The Bertz CT molecular complexity index is 309. The van der Waals surface area contributed by atoms with Crippen molar-refractivity contribution in [1.29, 1.82) is 0 Å². The Morgan fingerprint density at radius 1 is 1.41 bits per heavy atom. The van der Waals surface area contributed by atoms with E-state index in [1.54, 1.807) is 11.3 Å². The molecule has 1 rings (SSSR count). The zero-order valence-corrected chi connectivity index (χ0v) is 12.3. The molecule has 98 valence electrons. The summed E-state index contributed by atoms with van der Waals surface area (Å²) in [5.41, 5.74) is 1.15. The highest BCUT2D eigenvalue weighted by molar-refractivity contribution is 7.13. The maximum Gasteiger partial charge on any atom is 0.185 e. The standard InChI is InChI=1S/C13H25N3S/c1-5-6-7-8-16(11(2)3)13-15-12(9-14-4)10-17-13/h10-11,14H,5-9H2,1-4H3. The molecule has 1 N–H and O–H groups in total. The van der Waals surface area contributed by atoms with Crippen molar-refractivity contribution in [3.05, 3.63) is 11.1 Å². The van der Waals surface area contributed by atoms with Gasteiger partial charge in [0.15, 0.2) is 5.13 Å². The van der Waals surface area contributed by atoms with E-state index in [-0.39, 0.29) is 0 Å². The number of hydrogen-bond donors (Lipinski definition) is 1. The van der Waals surface area contributed by atoms with Gasteiger partial charge in [-0.15, -0.1) is 11.3 Å². The third-order valence-electron chi connectivity index (χ3n) is 2.77. The predicted molar refractivity (Wildman–Crippen MR) is 76.9 cm³/mol. The lowest BCUT2D eigenvalue weighted by atomic mass is 10.2. The summed E-state index contributed by atoms with van der Waals surface area (Å²) in [6, 6.07) is 0.528. The molecule has 3 nitrogen and oxygen atoms in total. The molecule has 0 unspecified atom stereocenters. The smallest absolute Gasteiger partial charge is 0.185 e. The number of hydrogen-bond acceptors (Lipinski definition) is 4. The summed E-state index contributed by atoms with van der Waals surface area (Å²) >= 11 is 1.76. The Morgan fingerprint density at radius 2 is 2.18 bits per heavy atom. The third-order valence-corrected chi connectivity index (χ3v) is 3.70. The zero-order valence-electron chi connectivity index (χ0n) is 11.5. The van der Waals surface area contributed by atoms with Crippen molar-refractivity contribution in [2.45, 2.75) is 52.6 Å². The molecule has 0 fully saturated rings. The molecule has 17 heavy (non-hydrogen) atoms. The molecule has 0 amide bonds. The molecular weight excluding hydrogens is 230 g/mol. The van der Waals surface area contributed by atoms with Crippen LogP contribution >= 0.6 is 11.3 Å². The Kier molecular flexibility index (Phi) is 6.52. The molecule has 1 aromatic heterocycles. The fourth-order valence-corrected chi connectivity index (χ4v) is 2.78. The van der Waals surface area contributed by atoms with E-state index in [9.17, 15) is 0 Å². The summed E-state index contributed by atoms with van der Waals surface area (Å²) < 4.78 is 0. The summed E-state index contributed by atoms with van der Waals surface area (Å²) in [5.74, 6) is 0. The van der Waals surface area contributed by atoms with Gasteiger partial charge in [-0.2, -0.15) is 0 Å². The first-order valence-corrected chi connectivity index (χ1v) is 7.42. The number of rotatable bonds is 8. The van der Waals surface area contributed by atoms with E-state index in [1.807, 2.05) is 7.05 Å². The molecule has 0 saturated heterocycles. The van der Waals surface area contributed by atoms with Crippen LogP contribution in [0.2, 0.25) is 0 Å². The Morgan fingerprint density at radius 3 is 2.76 bits per heavy atom. The average Bonchev–Trinajstić information content (AvgIpc) is 2.73. The highest BCUT2D eigenvalue weighted by atomic mass is 32.1. The van der Waals surface area contributed by atoms with Crippen molar-refractivity contribution in [2.24, 2.45) is 0 Å². The van der Waals surface area contributed by atoms with Gasteiger partial charge in [0.1, 0.15) is 0 Å². The average molecular weight is 255 g/mol. The lowest BCUT2D eigenvalue weighted by molar-refractivity contribution is 0.623. The second kappa shape index (κ2) is 7.67. The van der Waals surface area contributed by atoms with Crippen molar-refractivity contribution < 1.29 is 0 Å². The second-order valence-corrected chi connectivity index (χ2v) is 5.48. The maximum absolute atomic E-state index is 4.68. The second-order valence-electron chi connectivity index (χ2n) is 4.65. The van der Waals surface area contributed by atoms with Crippen molar-refractivity contribution in [3.8, 4) is 0 Å². The van der Waals surface area contributed by atoms with Crippen LogP contribution < -0.4 is 10.2 Å². The largest absolute Gasteiger partial charge is 0.346 e. The fourth-order valence-electron chi connectivity index (χ4n) is 1.80. The normalized spacial score (nSPS) is 11.1. The van der Waals surface area contributed by atoms with Crippen molar-refractivity contribution in [3.63, 3.8) is 0 Å². The van der Waals surface area contributed by atoms with Gasteiger partial charge in [-0.05, 0) is 27.3 Å². The van der Waals surface area contributed by atoms with Gasteiger partial charge < -0.3 is 10.2 Å².